The highest BCUT2D eigenvalue weighted by molar-refractivity contribution is 7.92. The van der Waals surface area contributed by atoms with Gasteiger partial charge in [-0.05, 0) is 30.2 Å². The maximum absolute atomic E-state index is 14.9. The van der Waals surface area contributed by atoms with Crippen LogP contribution in [0.4, 0.5) is 10.2 Å². The standard InChI is InChI=1S/C21H13ClFN5O3S/c1-31-21-18(10-14(22)11-26-21)32(29,30)28-20-19(23)13(8-9-24-20)6-7-15-12-25-16-4-2-3-5-17(16)27-15/h2-5,8-12H,1H3,(H,24,28). The van der Waals surface area contributed by atoms with Gasteiger partial charge in [0.2, 0.25) is 5.88 Å². The Bertz CT molecular complexity index is 1500. The highest BCUT2D eigenvalue weighted by Gasteiger charge is 2.24. The first-order valence-electron chi connectivity index (χ1n) is 8.98. The third-order valence-corrected chi connectivity index (χ3v) is 5.70. The molecule has 0 radical (unpaired) electrons. The molecule has 0 unspecified atom stereocenters. The van der Waals surface area contributed by atoms with E-state index >= 15 is 0 Å². The van der Waals surface area contributed by atoms with Crippen molar-refractivity contribution in [3.63, 3.8) is 0 Å². The van der Waals surface area contributed by atoms with E-state index in [1.807, 2.05) is 18.2 Å². The van der Waals surface area contributed by atoms with Gasteiger partial charge in [-0.2, -0.15) is 0 Å². The smallest absolute Gasteiger partial charge is 0.268 e. The molecule has 3 aromatic heterocycles. The molecule has 3 heterocycles. The van der Waals surface area contributed by atoms with Crippen LogP contribution in [0.2, 0.25) is 5.02 Å². The minimum absolute atomic E-state index is 0.0655. The summed E-state index contributed by atoms with van der Waals surface area (Å²) in [5.41, 5.74) is 1.60. The van der Waals surface area contributed by atoms with Gasteiger partial charge < -0.3 is 4.74 Å². The number of anilines is 1. The van der Waals surface area contributed by atoms with E-state index in [-0.39, 0.29) is 21.4 Å². The summed E-state index contributed by atoms with van der Waals surface area (Å²) in [4.78, 5) is 15.8. The normalized spacial score (nSPS) is 11.0. The molecule has 0 bridgehead atoms. The van der Waals surface area contributed by atoms with Crippen LogP contribution in [0, 0.1) is 17.7 Å². The summed E-state index contributed by atoms with van der Waals surface area (Å²) >= 11 is 5.85. The van der Waals surface area contributed by atoms with Gasteiger partial charge in [0.15, 0.2) is 16.5 Å². The zero-order valence-corrected chi connectivity index (χ0v) is 17.9. The lowest BCUT2D eigenvalue weighted by molar-refractivity contribution is 0.385. The van der Waals surface area contributed by atoms with E-state index in [0.29, 0.717) is 16.7 Å². The summed E-state index contributed by atoms with van der Waals surface area (Å²) in [5.74, 6) is 3.66. The second kappa shape index (κ2) is 8.74. The van der Waals surface area contributed by atoms with Crippen LogP contribution < -0.4 is 9.46 Å². The first kappa shape index (κ1) is 21.4. The van der Waals surface area contributed by atoms with Gasteiger partial charge in [0.05, 0.1) is 34.9 Å². The molecule has 0 atom stereocenters. The number of benzene rings is 1. The van der Waals surface area contributed by atoms with Gasteiger partial charge in [0.25, 0.3) is 10.0 Å². The first-order valence-corrected chi connectivity index (χ1v) is 10.8. The minimum atomic E-state index is -4.30. The third kappa shape index (κ3) is 4.44. The van der Waals surface area contributed by atoms with Crippen LogP contribution in [-0.2, 0) is 10.0 Å². The molecule has 160 valence electrons. The van der Waals surface area contributed by atoms with Crippen LogP contribution in [0.5, 0.6) is 5.88 Å². The SMILES string of the molecule is COc1ncc(Cl)cc1S(=O)(=O)Nc1nccc(C#Cc2cnc3ccccc3n2)c1F. The Kier molecular flexibility index (Phi) is 5.85. The number of aromatic nitrogens is 4. The molecule has 0 spiro atoms. The Morgan fingerprint density at radius 1 is 1.06 bits per heavy atom. The fourth-order valence-corrected chi connectivity index (χ4v) is 4.07. The van der Waals surface area contributed by atoms with Crippen LogP contribution in [0.15, 0.2) is 59.9 Å². The van der Waals surface area contributed by atoms with Crippen molar-refractivity contribution in [1.82, 2.24) is 19.9 Å². The lowest BCUT2D eigenvalue weighted by Crippen LogP contribution is -2.17. The average Bonchev–Trinajstić information content (AvgIpc) is 2.79. The van der Waals surface area contributed by atoms with Gasteiger partial charge in [0.1, 0.15) is 5.69 Å². The zero-order chi connectivity index (χ0) is 22.7. The minimum Gasteiger partial charge on any atom is -0.480 e. The molecule has 1 aromatic carbocycles. The Morgan fingerprint density at radius 3 is 2.62 bits per heavy atom. The summed E-state index contributed by atoms with van der Waals surface area (Å²) < 4.78 is 47.5. The van der Waals surface area contributed by atoms with Crippen LogP contribution in [-0.4, -0.2) is 35.5 Å². The second-order valence-electron chi connectivity index (χ2n) is 6.28. The van der Waals surface area contributed by atoms with Crippen molar-refractivity contribution in [2.75, 3.05) is 11.8 Å². The molecular formula is C21H13ClFN5O3S. The molecule has 11 heteroatoms. The highest BCUT2D eigenvalue weighted by Crippen LogP contribution is 2.27. The number of halogens is 2. The van der Waals surface area contributed by atoms with E-state index in [2.05, 4.69) is 36.5 Å². The highest BCUT2D eigenvalue weighted by atomic mass is 35.5. The number of nitrogens with one attached hydrogen (secondary N) is 1. The molecule has 0 aliphatic heterocycles. The molecule has 0 amide bonds. The van der Waals surface area contributed by atoms with Crippen molar-refractivity contribution in [3.8, 4) is 17.7 Å². The van der Waals surface area contributed by atoms with Crippen LogP contribution in [0.3, 0.4) is 0 Å². The summed E-state index contributed by atoms with van der Waals surface area (Å²) in [6, 6.07) is 9.70. The van der Waals surface area contributed by atoms with Crippen molar-refractivity contribution in [2.45, 2.75) is 4.90 Å². The molecule has 1 N–H and O–H groups in total. The van der Waals surface area contributed by atoms with Gasteiger partial charge in [0, 0.05) is 12.4 Å². The van der Waals surface area contributed by atoms with Gasteiger partial charge in [-0.15, -0.1) is 0 Å². The van der Waals surface area contributed by atoms with E-state index in [1.165, 1.54) is 31.8 Å². The molecule has 8 nitrogen and oxygen atoms in total. The topological polar surface area (TPSA) is 107 Å². The fourth-order valence-electron chi connectivity index (χ4n) is 2.70. The lowest BCUT2D eigenvalue weighted by Gasteiger charge is -2.11. The van der Waals surface area contributed by atoms with Crippen molar-refractivity contribution in [2.24, 2.45) is 0 Å². The first-order chi connectivity index (χ1) is 15.4. The van der Waals surface area contributed by atoms with Crippen LogP contribution in [0.25, 0.3) is 11.0 Å². The fraction of sp³-hybridized carbons (Fsp3) is 0.0476. The molecule has 4 rings (SSSR count). The van der Waals surface area contributed by atoms with Crippen LogP contribution >= 0.6 is 11.6 Å². The van der Waals surface area contributed by atoms with E-state index in [0.717, 1.165) is 6.07 Å². The Balaban J connectivity index is 1.66. The molecule has 4 aromatic rings. The monoisotopic (exact) mass is 469 g/mol. The molecular weight excluding hydrogens is 457 g/mol. The lowest BCUT2D eigenvalue weighted by atomic mass is 10.2. The number of fused-ring (bicyclic) bond motifs is 1. The van der Waals surface area contributed by atoms with Crippen molar-refractivity contribution in [1.29, 1.82) is 0 Å². The van der Waals surface area contributed by atoms with Crippen molar-refractivity contribution >= 4 is 38.5 Å². The maximum atomic E-state index is 14.9. The second-order valence-corrected chi connectivity index (χ2v) is 8.37. The molecule has 0 aliphatic carbocycles. The summed E-state index contributed by atoms with van der Waals surface area (Å²) in [7, 11) is -3.05. The van der Waals surface area contributed by atoms with Gasteiger partial charge >= 0.3 is 0 Å². The van der Waals surface area contributed by atoms with E-state index in [9.17, 15) is 12.8 Å². The van der Waals surface area contributed by atoms with Gasteiger partial charge in [-0.25, -0.2) is 27.8 Å². The van der Waals surface area contributed by atoms with Gasteiger partial charge in [-0.3, -0.25) is 9.71 Å². The number of ether oxygens (including phenoxy) is 1. The summed E-state index contributed by atoms with van der Waals surface area (Å²) in [6.45, 7) is 0. The van der Waals surface area contributed by atoms with Gasteiger partial charge in [-0.1, -0.05) is 29.7 Å². The van der Waals surface area contributed by atoms with E-state index in [1.54, 1.807) is 6.07 Å². The number of pyridine rings is 2. The third-order valence-electron chi connectivity index (χ3n) is 4.16. The number of hydrogen-bond acceptors (Lipinski definition) is 7. The number of nitrogens with zero attached hydrogens (tertiary/aromatic N) is 4. The maximum Gasteiger partial charge on any atom is 0.268 e. The molecule has 0 saturated heterocycles. The Morgan fingerprint density at radius 2 is 1.84 bits per heavy atom. The summed E-state index contributed by atoms with van der Waals surface area (Å²) in [6.07, 6.45) is 3.92. The Labute approximate surface area is 187 Å². The number of rotatable bonds is 4. The quantitative estimate of drug-likeness (QED) is 0.456. The van der Waals surface area contributed by atoms with Crippen molar-refractivity contribution < 1.29 is 17.5 Å². The molecule has 0 aliphatic rings. The van der Waals surface area contributed by atoms with E-state index < -0.39 is 21.7 Å². The molecule has 32 heavy (non-hydrogen) atoms. The number of sulfonamides is 1. The number of para-hydroxylation sites is 2. The van der Waals surface area contributed by atoms with Crippen molar-refractivity contribution in [3.05, 3.63) is 77.1 Å². The molecule has 0 saturated carbocycles. The largest absolute Gasteiger partial charge is 0.480 e. The number of methoxy groups -OCH3 is 1. The Hall–Kier alpha value is -3.81. The zero-order valence-electron chi connectivity index (χ0n) is 16.4. The van der Waals surface area contributed by atoms with Crippen LogP contribution in [0.1, 0.15) is 11.3 Å². The van der Waals surface area contributed by atoms with E-state index in [4.69, 9.17) is 16.3 Å². The average molecular weight is 470 g/mol. The number of hydrogen-bond donors (Lipinski definition) is 1. The summed E-state index contributed by atoms with van der Waals surface area (Å²) in [5, 5.41) is 0.0655. The predicted octanol–water partition coefficient (Wildman–Crippen LogP) is 3.42. The predicted molar refractivity (Wildman–Crippen MR) is 116 cm³/mol. The molecule has 0 fully saturated rings.